The SMILES string of the molecule is C=Nn1c(C=NCC(C)(C)C)ccc1CN=O. The summed E-state index contributed by atoms with van der Waals surface area (Å²) in [5.41, 5.74) is 1.68. The van der Waals surface area contributed by atoms with Crippen molar-refractivity contribution in [2.45, 2.75) is 27.3 Å². The lowest BCUT2D eigenvalue weighted by Crippen LogP contribution is -2.09. The Balaban J connectivity index is 2.84. The molecule has 0 fully saturated rings. The third kappa shape index (κ3) is 3.94. The van der Waals surface area contributed by atoms with Crippen LogP contribution in [0.4, 0.5) is 0 Å². The first kappa shape index (κ1) is 13.3. The van der Waals surface area contributed by atoms with Crippen molar-refractivity contribution in [2.75, 3.05) is 6.54 Å². The van der Waals surface area contributed by atoms with Crippen LogP contribution in [-0.2, 0) is 6.54 Å². The van der Waals surface area contributed by atoms with E-state index in [2.05, 4.69) is 42.8 Å². The van der Waals surface area contributed by atoms with E-state index >= 15 is 0 Å². The first-order valence-electron chi connectivity index (χ1n) is 5.44. The Morgan fingerprint density at radius 3 is 2.65 bits per heavy atom. The van der Waals surface area contributed by atoms with Crippen molar-refractivity contribution in [3.8, 4) is 0 Å². The number of aromatic nitrogens is 1. The van der Waals surface area contributed by atoms with Gasteiger partial charge >= 0.3 is 0 Å². The van der Waals surface area contributed by atoms with Gasteiger partial charge in [-0.25, -0.2) is 4.68 Å². The van der Waals surface area contributed by atoms with Gasteiger partial charge in [0, 0.05) is 19.5 Å². The van der Waals surface area contributed by atoms with E-state index in [0.29, 0.717) is 5.69 Å². The summed E-state index contributed by atoms with van der Waals surface area (Å²) in [5, 5.41) is 6.68. The number of aliphatic imine (C=N–C) groups is 1. The van der Waals surface area contributed by atoms with Gasteiger partial charge in [0.1, 0.15) is 6.54 Å². The van der Waals surface area contributed by atoms with Crippen molar-refractivity contribution < 1.29 is 0 Å². The first-order chi connectivity index (χ1) is 7.98. The Morgan fingerprint density at radius 1 is 1.41 bits per heavy atom. The first-order valence-corrected chi connectivity index (χ1v) is 5.44. The highest BCUT2D eigenvalue weighted by molar-refractivity contribution is 5.78. The van der Waals surface area contributed by atoms with Gasteiger partial charge in [0.25, 0.3) is 0 Å². The van der Waals surface area contributed by atoms with E-state index in [1.165, 1.54) is 0 Å². The van der Waals surface area contributed by atoms with Crippen molar-refractivity contribution in [3.05, 3.63) is 28.4 Å². The monoisotopic (exact) mass is 234 g/mol. The highest BCUT2D eigenvalue weighted by Gasteiger charge is 2.09. The largest absolute Gasteiger partial charge is 0.290 e. The quantitative estimate of drug-likeness (QED) is 0.570. The maximum absolute atomic E-state index is 10.2. The van der Waals surface area contributed by atoms with Crippen LogP contribution < -0.4 is 0 Å². The normalized spacial score (nSPS) is 11.9. The van der Waals surface area contributed by atoms with Crippen LogP contribution >= 0.6 is 0 Å². The molecule has 92 valence electrons. The summed E-state index contributed by atoms with van der Waals surface area (Å²) in [5.74, 6) is 0. The molecule has 0 bridgehead atoms. The second kappa shape index (κ2) is 5.52. The zero-order chi connectivity index (χ0) is 12.9. The van der Waals surface area contributed by atoms with E-state index in [1.807, 2.05) is 6.07 Å². The van der Waals surface area contributed by atoms with Crippen molar-refractivity contribution in [3.63, 3.8) is 0 Å². The van der Waals surface area contributed by atoms with E-state index < -0.39 is 0 Å². The molecule has 5 nitrogen and oxygen atoms in total. The zero-order valence-corrected chi connectivity index (χ0v) is 10.6. The van der Waals surface area contributed by atoms with Crippen LogP contribution in [0.1, 0.15) is 32.2 Å². The molecule has 0 spiro atoms. The second-order valence-electron chi connectivity index (χ2n) is 5.02. The average molecular weight is 234 g/mol. The molecule has 1 rings (SSSR count). The van der Waals surface area contributed by atoms with Gasteiger partial charge in [-0.3, -0.25) is 4.99 Å². The summed E-state index contributed by atoms with van der Waals surface area (Å²) in [6.45, 7) is 10.7. The van der Waals surface area contributed by atoms with Crippen LogP contribution in [0, 0.1) is 10.3 Å². The number of hydrogen-bond donors (Lipinski definition) is 0. The topological polar surface area (TPSA) is 59.1 Å². The van der Waals surface area contributed by atoms with Crippen LogP contribution in [0.2, 0.25) is 0 Å². The van der Waals surface area contributed by atoms with E-state index in [0.717, 1.165) is 12.2 Å². The van der Waals surface area contributed by atoms with Crippen LogP contribution in [0.25, 0.3) is 0 Å². The predicted octanol–water partition coefficient (Wildman–Crippen LogP) is 2.68. The smallest absolute Gasteiger partial charge is 0.123 e. The molecular weight excluding hydrogens is 216 g/mol. The third-order valence-electron chi connectivity index (χ3n) is 2.12. The fraction of sp³-hybridized carbons (Fsp3) is 0.500. The molecule has 1 aromatic rings. The minimum Gasteiger partial charge on any atom is -0.290 e. The van der Waals surface area contributed by atoms with Crippen molar-refractivity contribution in [2.24, 2.45) is 20.7 Å². The fourth-order valence-electron chi connectivity index (χ4n) is 1.36. The molecule has 0 saturated carbocycles. The maximum Gasteiger partial charge on any atom is 0.123 e. The van der Waals surface area contributed by atoms with E-state index in [1.54, 1.807) is 17.0 Å². The van der Waals surface area contributed by atoms with Gasteiger partial charge in [-0.2, -0.15) is 10.0 Å². The lowest BCUT2D eigenvalue weighted by Gasteiger charge is -2.13. The van der Waals surface area contributed by atoms with Gasteiger partial charge in [-0.05, 0) is 17.5 Å². The van der Waals surface area contributed by atoms with Crippen LogP contribution in [0.5, 0.6) is 0 Å². The van der Waals surface area contributed by atoms with E-state index in [-0.39, 0.29) is 12.0 Å². The Morgan fingerprint density at radius 2 is 2.12 bits per heavy atom. The molecule has 0 saturated heterocycles. The molecule has 1 aromatic heterocycles. The van der Waals surface area contributed by atoms with Gasteiger partial charge in [-0.15, -0.1) is 0 Å². The molecule has 0 aliphatic heterocycles. The van der Waals surface area contributed by atoms with Gasteiger partial charge in [0.15, 0.2) is 0 Å². The molecule has 0 aromatic carbocycles. The molecular formula is C12H18N4O. The molecule has 0 radical (unpaired) electrons. The predicted molar refractivity (Wildman–Crippen MR) is 70.8 cm³/mol. The Bertz CT molecular complexity index is 426. The molecule has 0 aliphatic rings. The molecule has 1 heterocycles. The van der Waals surface area contributed by atoms with E-state index in [4.69, 9.17) is 0 Å². The fourth-order valence-corrected chi connectivity index (χ4v) is 1.36. The molecule has 0 aliphatic carbocycles. The van der Waals surface area contributed by atoms with Crippen LogP contribution in [0.3, 0.4) is 0 Å². The summed E-state index contributed by atoms with van der Waals surface area (Å²) in [6.07, 6.45) is 1.74. The zero-order valence-electron chi connectivity index (χ0n) is 10.6. The number of nitroso groups, excluding NO2 is 1. The summed E-state index contributed by atoms with van der Waals surface area (Å²) in [4.78, 5) is 14.6. The van der Waals surface area contributed by atoms with Crippen molar-refractivity contribution in [1.82, 2.24) is 4.68 Å². The molecule has 0 unspecified atom stereocenters. The highest BCUT2D eigenvalue weighted by Crippen LogP contribution is 2.13. The van der Waals surface area contributed by atoms with Crippen LogP contribution in [-0.4, -0.2) is 24.2 Å². The van der Waals surface area contributed by atoms with Crippen molar-refractivity contribution >= 4 is 12.9 Å². The number of nitrogens with zero attached hydrogens (tertiary/aromatic N) is 4. The van der Waals surface area contributed by atoms with Gasteiger partial charge < -0.3 is 0 Å². The highest BCUT2D eigenvalue weighted by atomic mass is 16.3. The molecule has 5 heteroatoms. The minimum atomic E-state index is 0.0894. The molecule has 17 heavy (non-hydrogen) atoms. The lowest BCUT2D eigenvalue weighted by molar-refractivity contribution is 0.430. The summed E-state index contributed by atoms with van der Waals surface area (Å²) in [7, 11) is 0. The van der Waals surface area contributed by atoms with Crippen LogP contribution in [0.15, 0.2) is 27.4 Å². The summed E-state index contributed by atoms with van der Waals surface area (Å²) >= 11 is 0. The Hall–Kier alpha value is -1.78. The van der Waals surface area contributed by atoms with Crippen molar-refractivity contribution in [1.29, 1.82) is 0 Å². The minimum absolute atomic E-state index is 0.0894. The summed E-state index contributed by atoms with van der Waals surface area (Å²) in [6, 6.07) is 3.65. The summed E-state index contributed by atoms with van der Waals surface area (Å²) < 4.78 is 1.58. The lowest BCUT2D eigenvalue weighted by atomic mass is 9.97. The van der Waals surface area contributed by atoms with Gasteiger partial charge in [0.2, 0.25) is 0 Å². The average Bonchev–Trinajstić information content (AvgIpc) is 2.59. The number of rotatable bonds is 5. The Labute approximate surface area is 101 Å². The maximum atomic E-state index is 10.2. The Kier molecular flexibility index (Phi) is 4.31. The van der Waals surface area contributed by atoms with E-state index in [9.17, 15) is 4.91 Å². The second-order valence-corrected chi connectivity index (χ2v) is 5.02. The molecule has 0 amide bonds. The molecule has 0 N–H and O–H groups in total. The number of hydrogen-bond acceptors (Lipinski definition) is 4. The van der Waals surface area contributed by atoms with Gasteiger partial charge in [0.05, 0.1) is 11.4 Å². The molecule has 0 atom stereocenters. The third-order valence-corrected chi connectivity index (χ3v) is 2.12. The standard InChI is InChI=1S/C12H18N4O/c1-12(2,3)9-14-7-10-5-6-11(8-15-17)16(10)13-4/h5-7H,4,8-9H2,1-3H3. The van der Waals surface area contributed by atoms with Gasteiger partial charge in [-0.1, -0.05) is 25.9 Å².